The fraction of sp³-hybridized carbons (Fsp3) is 0.217. The molecule has 1 aromatic heterocycles. The van der Waals surface area contributed by atoms with E-state index in [-0.39, 0.29) is 18.0 Å². The summed E-state index contributed by atoms with van der Waals surface area (Å²) >= 11 is 0. The summed E-state index contributed by atoms with van der Waals surface area (Å²) in [5, 5.41) is 2.66. The van der Waals surface area contributed by atoms with E-state index in [1.165, 1.54) is 18.1 Å². The van der Waals surface area contributed by atoms with Gasteiger partial charge in [-0.1, -0.05) is 29.8 Å². The molecule has 2 amide bonds. The minimum atomic E-state index is -4.58. The van der Waals surface area contributed by atoms with Crippen molar-refractivity contribution in [1.29, 1.82) is 0 Å². The smallest absolute Gasteiger partial charge is 0.420 e. The number of alkyl halides is 3. The van der Waals surface area contributed by atoms with Crippen molar-refractivity contribution in [2.75, 3.05) is 23.9 Å². The van der Waals surface area contributed by atoms with Gasteiger partial charge >= 0.3 is 12.2 Å². The lowest BCUT2D eigenvalue weighted by atomic mass is 10.1. The highest BCUT2D eigenvalue weighted by molar-refractivity contribution is 6.02. The third-order valence-electron chi connectivity index (χ3n) is 5.23. The van der Waals surface area contributed by atoms with E-state index < -0.39 is 17.8 Å². The van der Waals surface area contributed by atoms with Crippen LogP contribution in [0.4, 0.5) is 29.5 Å². The normalized spacial score (nSPS) is 13.1. The highest BCUT2D eigenvalue weighted by Gasteiger charge is 2.37. The second-order valence-corrected chi connectivity index (χ2v) is 7.31. The monoisotopic (exact) mass is 427 g/mol. The molecule has 2 aromatic carbocycles. The zero-order chi connectivity index (χ0) is 22.2. The molecule has 1 aliphatic rings. The molecule has 1 N–H and O–H groups in total. The number of aromatic nitrogens is 1. The molecule has 0 radical (unpaired) electrons. The van der Waals surface area contributed by atoms with Gasteiger partial charge in [-0.2, -0.15) is 13.2 Å². The Balaban J connectivity index is 1.53. The molecule has 0 saturated carbocycles. The Hall–Kier alpha value is -3.55. The van der Waals surface area contributed by atoms with Crippen LogP contribution >= 0.6 is 0 Å². The first-order chi connectivity index (χ1) is 14.8. The van der Waals surface area contributed by atoms with E-state index in [4.69, 9.17) is 4.74 Å². The number of amides is 2. The number of carbonyl (C=O) groups excluding carboxylic acids is 1. The number of hydrogen-bond donors (Lipinski definition) is 1. The number of nitrogens with zero attached hydrogens (tertiary/aromatic N) is 2. The molecule has 1 aliphatic heterocycles. The Morgan fingerprint density at radius 2 is 1.81 bits per heavy atom. The fourth-order valence-electron chi connectivity index (χ4n) is 3.58. The third-order valence-corrected chi connectivity index (χ3v) is 5.23. The summed E-state index contributed by atoms with van der Waals surface area (Å²) in [4.78, 5) is 18.3. The standard InChI is InChI=1S/C23H20F3N3O2/c1-14-3-5-15(6-4-14)17-7-8-21(27-13-17)28-22(30)29-10-9-16-11-20(31-2)18(12-19(16)29)23(24,25)26/h3-8,11-13H,9-10H2,1-2H3,(H,27,28,30). The summed E-state index contributed by atoms with van der Waals surface area (Å²) in [6.45, 7) is 2.28. The van der Waals surface area contributed by atoms with Gasteiger partial charge in [0.05, 0.1) is 12.7 Å². The number of urea groups is 1. The number of rotatable bonds is 3. The van der Waals surface area contributed by atoms with E-state index in [9.17, 15) is 18.0 Å². The van der Waals surface area contributed by atoms with Gasteiger partial charge in [0.2, 0.25) is 0 Å². The van der Waals surface area contributed by atoms with Crippen LogP contribution in [0, 0.1) is 6.92 Å². The van der Waals surface area contributed by atoms with Crippen molar-refractivity contribution in [3.8, 4) is 16.9 Å². The van der Waals surface area contributed by atoms with Crippen LogP contribution in [0.2, 0.25) is 0 Å². The highest BCUT2D eigenvalue weighted by Crippen LogP contribution is 2.42. The molecule has 0 bridgehead atoms. The molecule has 8 heteroatoms. The largest absolute Gasteiger partial charge is 0.496 e. The van der Waals surface area contributed by atoms with E-state index in [1.54, 1.807) is 12.3 Å². The molecule has 0 aliphatic carbocycles. The van der Waals surface area contributed by atoms with Gasteiger partial charge in [0.25, 0.3) is 0 Å². The molecule has 0 unspecified atom stereocenters. The summed E-state index contributed by atoms with van der Waals surface area (Å²) in [5.41, 5.74) is 2.99. The van der Waals surface area contributed by atoms with Crippen LogP contribution in [0.1, 0.15) is 16.7 Å². The first kappa shape index (κ1) is 20.7. The lowest BCUT2D eigenvalue weighted by Crippen LogP contribution is -2.33. The molecule has 0 spiro atoms. The molecule has 2 heterocycles. The van der Waals surface area contributed by atoms with Crippen LogP contribution < -0.4 is 15.0 Å². The second-order valence-electron chi connectivity index (χ2n) is 7.31. The van der Waals surface area contributed by atoms with Gasteiger partial charge in [-0.05, 0) is 48.7 Å². The predicted molar refractivity (Wildman–Crippen MR) is 112 cm³/mol. The quantitative estimate of drug-likeness (QED) is 0.585. The number of benzene rings is 2. The summed E-state index contributed by atoms with van der Waals surface area (Å²) < 4.78 is 45.0. The lowest BCUT2D eigenvalue weighted by molar-refractivity contribution is -0.138. The van der Waals surface area contributed by atoms with Gasteiger partial charge in [0.15, 0.2) is 0 Å². The highest BCUT2D eigenvalue weighted by atomic mass is 19.4. The molecule has 31 heavy (non-hydrogen) atoms. The number of anilines is 2. The first-order valence-electron chi connectivity index (χ1n) is 9.66. The number of halogens is 3. The molecular weight excluding hydrogens is 407 g/mol. The number of ether oxygens (including phenoxy) is 1. The maximum absolute atomic E-state index is 13.4. The number of methoxy groups -OCH3 is 1. The number of nitrogens with one attached hydrogen (secondary N) is 1. The van der Waals surface area contributed by atoms with Crippen molar-refractivity contribution < 1.29 is 22.7 Å². The Labute approximate surface area is 177 Å². The maximum atomic E-state index is 13.4. The van der Waals surface area contributed by atoms with Gasteiger partial charge < -0.3 is 4.74 Å². The van der Waals surface area contributed by atoms with Crippen LogP contribution in [0.5, 0.6) is 5.75 Å². The predicted octanol–water partition coefficient (Wildman–Crippen LogP) is 5.68. The van der Waals surface area contributed by atoms with E-state index in [0.29, 0.717) is 17.8 Å². The minimum Gasteiger partial charge on any atom is -0.496 e. The number of carbonyl (C=O) groups is 1. The molecule has 5 nitrogen and oxygen atoms in total. The molecule has 4 rings (SSSR count). The molecule has 0 saturated heterocycles. The summed E-state index contributed by atoms with van der Waals surface area (Å²) in [6.07, 6.45) is -2.50. The number of fused-ring (bicyclic) bond motifs is 1. The van der Waals surface area contributed by atoms with Crippen LogP contribution in [0.3, 0.4) is 0 Å². The molecule has 3 aromatic rings. The average molecular weight is 427 g/mol. The second kappa shape index (κ2) is 7.94. The minimum absolute atomic E-state index is 0.224. The number of pyridine rings is 1. The molecular formula is C23H20F3N3O2. The van der Waals surface area contributed by atoms with E-state index in [0.717, 1.165) is 22.8 Å². The molecule has 0 atom stereocenters. The fourth-order valence-corrected chi connectivity index (χ4v) is 3.58. The SMILES string of the molecule is COc1cc2c(cc1C(F)(F)F)N(C(=O)Nc1ccc(-c3ccc(C)cc3)cn1)CC2. The van der Waals surface area contributed by atoms with E-state index in [2.05, 4.69) is 10.3 Å². The lowest BCUT2D eigenvalue weighted by Gasteiger charge is -2.20. The number of hydrogen-bond acceptors (Lipinski definition) is 3. The first-order valence-corrected chi connectivity index (χ1v) is 9.66. The molecule has 0 fully saturated rings. The Kier molecular flexibility index (Phi) is 5.31. The van der Waals surface area contributed by atoms with E-state index >= 15 is 0 Å². The van der Waals surface area contributed by atoms with Crippen molar-refractivity contribution in [3.05, 3.63) is 71.4 Å². The zero-order valence-corrected chi connectivity index (χ0v) is 17.0. The van der Waals surface area contributed by atoms with E-state index in [1.807, 2.05) is 37.3 Å². The Bertz CT molecular complexity index is 1110. The third kappa shape index (κ3) is 4.19. The van der Waals surface area contributed by atoms with Gasteiger partial charge in [-0.15, -0.1) is 0 Å². The number of aryl methyl sites for hydroxylation is 1. The Morgan fingerprint density at radius 1 is 1.10 bits per heavy atom. The van der Waals surface area contributed by atoms with Crippen molar-refractivity contribution in [3.63, 3.8) is 0 Å². The molecule has 160 valence electrons. The van der Waals surface area contributed by atoms with Gasteiger partial charge in [0, 0.05) is 24.0 Å². The van der Waals surface area contributed by atoms with Gasteiger partial charge in [-0.25, -0.2) is 9.78 Å². The van der Waals surface area contributed by atoms with Crippen LogP contribution in [-0.2, 0) is 12.6 Å². The van der Waals surface area contributed by atoms with Crippen LogP contribution in [0.25, 0.3) is 11.1 Å². The van der Waals surface area contributed by atoms with Crippen LogP contribution in [0.15, 0.2) is 54.7 Å². The Morgan fingerprint density at radius 3 is 2.42 bits per heavy atom. The van der Waals surface area contributed by atoms with Crippen molar-refractivity contribution >= 4 is 17.5 Å². The summed E-state index contributed by atoms with van der Waals surface area (Å²) in [7, 11) is 1.20. The topological polar surface area (TPSA) is 54.5 Å². The van der Waals surface area contributed by atoms with Gasteiger partial charge in [-0.3, -0.25) is 10.2 Å². The van der Waals surface area contributed by atoms with Crippen LogP contribution in [-0.4, -0.2) is 24.7 Å². The van der Waals surface area contributed by atoms with Crippen molar-refractivity contribution in [1.82, 2.24) is 4.98 Å². The van der Waals surface area contributed by atoms with Gasteiger partial charge in [0.1, 0.15) is 11.6 Å². The zero-order valence-electron chi connectivity index (χ0n) is 17.0. The van der Waals surface area contributed by atoms with Crippen molar-refractivity contribution in [2.24, 2.45) is 0 Å². The maximum Gasteiger partial charge on any atom is 0.420 e. The average Bonchev–Trinajstić information content (AvgIpc) is 3.16. The van der Waals surface area contributed by atoms with Crippen molar-refractivity contribution in [2.45, 2.75) is 19.5 Å². The summed E-state index contributed by atoms with van der Waals surface area (Å²) in [6, 6.07) is 13.2. The summed E-state index contributed by atoms with van der Waals surface area (Å²) in [5.74, 6) is 0.0701.